The average molecular weight is 1320 g/mol. The molecule has 516 valence electrons. The Labute approximate surface area is 534 Å². The lowest BCUT2D eigenvalue weighted by Gasteiger charge is -2.32. The van der Waals surface area contributed by atoms with Crippen molar-refractivity contribution < 1.29 is 93.3 Å². The molecule has 91 heavy (non-hydrogen) atoms. The molecule has 0 aromatic carbocycles. The Hall–Kier alpha value is -6.57. The zero-order valence-corrected chi connectivity index (χ0v) is 52.9. The summed E-state index contributed by atoms with van der Waals surface area (Å²) < 4.78 is 0. The largest absolute Gasteiger partial charge is 0.480 e. The number of hydrogen-bond donors (Lipinski definition) is 13. The van der Waals surface area contributed by atoms with Crippen LogP contribution in [0.5, 0.6) is 0 Å². The van der Waals surface area contributed by atoms with E-state index in [1.54, 1.807) is 51.0 Å². The maximum atomic E-state index is 13.5. The van der Waals surface area contributed by atoms with Crippen LogP contribution in [0.3, 0.4) is 0 Å². The van der Waals surface area contributed by atoms with Gasteiger partial charge in [0, 0.05) is 155 Å². The van der Waals surface area contributed by atoms with Crippen LogP contribution in [0.2, 0.25) is 0 Å². The van der Waals surface area contributed by atoms with E-state index in [2.05, 4.69) is 31.9 Å². The van der Waals surface area contributed by atoms with Crippen LogP contribution in [0.25, 0.3) is 0 Å². The summed E-state index contributed by atoms with van der Waals surface area (Å²) >= 11 is 1.78. The summed E-state index contributed by atoms with van der Waals surface area (Å²) in [5, 5.41) is 84.7. The summed E-state index contributed by atoms with van der Waals surface area (Å²) in [7, 11) is 0. The van der Waals surface area contributed by atoms with Crippen molar-refractivity contribution in [2.45, 2.75) is 81.2 Å². The summed E-state index contributed by atoms with van der Waals surface area (Å²) in [6, 6.07) is -1.13. The third kappa shape index (κ3) is 34.1. The first-order valence-corrected chi connectivity index (χ1v) is 32.3. The van der Waals surface area contributed by atoms with Crippen molar-refractivity contribution in [3.63, 3.8) is 0 Å². The summed E-state index contributed by atoms with van der Waals surface area (Å²) in [6.45, 7) is 2.58. The number of urea groups is 1. The smallest absolute Gasteiger partial charge is 0.326 e. The first kappa shape index (κ1) is 76.9. The third-order valence-electron chi connectivity index (χ3n) is 16.0. The van der Waals surface area contributed by atoms with E-state index >= 15 is 0 Å². The monoisotopic (exact) mass is 1320 g/mol. The maximum absolute atomic E-state index is 13.5. The van der Waals surface area contributed by atoms with Crippen LogP contribution < -0.4 is 31.9 Å². The Kier molecular flexibility index (Phi) is 35.9. The highest BCUT2D eigenvalue weighted by Crippen LogP contribution is 2.33. The number of carboxylic acid groups (broad SMARTS) is 7. The summed E-state index contributed by atoms with van der Waals surface area (Å²) in [5.74, 6) is -8.27. The van der Waals surface area contributed by atoms with Gasteiger partial charge >= 0.3 is 47.8 Å². The highest BCUT2D eigenvalue weighted by atomic mass is 32.2. The van der Waals surface area contributed by atoms with Gasteiger partial charge in [-0.05, 0) is 44.9 Å². The highest BCUT2D eigenvalue weighted by molar-refractivity contribution is 8.00. The molecule has 4 aliphatic rings. The zero-order chi connectivity index (χ0) is 66.7. The quantitative estimate of drug-likeness (QED) is 0.0203. The molecule has 4 aliphatic heterocycles. The number of aliphatic carboxylic acids is 7. The van der Waals surface area contributed by atoms with E-state index < -0.39 is 47.8 Å². The number of amides is 6. The number of carboxylic acids is 7. The van der Waals surface area contributed by atoms with E-state index in [9.17, 15) is 93.3 Å². The van der Waals surface area contributed by atoms with Crippen LogP contribution in [0.1, 0.15) is 57.8 Å². The van der Waals surface area contributed by atoms with E-state index in [1.165, 1.54) is 0 Å². The van der Waals surface area contributed by atoms with Crippen LogP contribution in [-0.2, 0) is 52.7 Å². The number of hydrogen-bond acceptors (Lipinski definition) is 22. The summed E-state index contributed by atoms with van der Waals surface area (Å²) in [4.78, 5) is 163. The van der Waals surface area contributed by atoms with Crippen molar-refractivity contribution in [3.05, 3.63) is 0 Å². The fraction of sp³-hybridized carbons (Fsp3) is 0.786. The lowest BCUT2D eigenvalue weighted by atomic mass is 10.0. The maximum Gasteiger partial charge on any atom is 0.326 e. The molecule has 1 unspecified atom stereocenters. The molecule has 0 bridgehead atoms. The number of carbonyl (C=O) groups is 12. The Balaban J connectivity index is 1.33. The Morgan fingerprint density at radius 3 is 1.15 bits per heavy atom. The van der Waals surface area contributed by atoms with Crippen LogP contribution in [0.4, 0.5) is 4.79 Å². The van der Waals surface area contributed by atoms with Gasteiger partial charge in [0.05, 0.1) is 71.0 Å². The standard InChI is InChI=1S/C56H97N15O19S/c72-44(9-2-1-8-43-54-42(40-91-43)61-56(90)62-54)60-41(55(88)89)7-3-4-10-57-45(73)31-63(13-5-11-58-46(74)32-64-15-19-66(34-48(76)77)23-27-70(38-52(84)85)28-24-67(20-16-64)35-49(78)79)14-6-12-59-47(75)33-65-17-21-68(36-50(80)81)25-29-71(39-53(86)87)30-26-69(22-18-65)37-51(82)83/h41-43,54H,1-40H2,(H,57,73)(H,58,74)(H,59,75)(H,60,72)(H,76,77)(H,78,79)(H,80,81)(H,82,83)(H,84,85)(H,86,87)(H,88,89)(H2,61,62,90)/t41?,42-,43-,54-/m0/s1. The lowest BCUT2D eigenvalue weighted by Crippen LogP contribution is -2.50. The van der Waals surface area contributed by atoms with Crippen molar-refractivity contribution in [1.82, 2.24) is 76.0 Å². The van der Waals surface area contributed by atoms with Gasteiger partial charge in [-0.25, -0.2) is 9.59 Å². The van der Waals surface area contributed by atoms with Gasteiger partial charge in [-0.2, -0.15) is 11.8 Å². The Morgan fingerprint density at radius 2 is 0.791 bits per heavy atom. The molecule has 0 aliphatic carbocycles. The third-order valence-corrected chi connectivity index (χ3v) is 17.5. The Morgan fingerprint density at radius 1 is 0.440 bits per heavy atom. The van der Waals surface area contributed by atoms with Crippen LogP contribution in [0.15, 0.2) is 0 Å². The molecule has 35 heteroatoms. The lowest BCUT2D eigenvalue weighted by molar-refractivity contribution is -0.142. The first-order valence-electron chi connectivity index (χ1n) is 31.2. The molecular weight excluding hydrogens is 1220 g/mol. The number of nitrogens with one attached hydrogen (secondary N) is 6. The zero-order valence-electron chi connectivity index (χ0n) is 52.1. The number of nitrogens with zero attached hydrogens (tertiary/aromatic N) is 9. The molecule has 4 rings (SSSR count). The molecule has 0 aromatic heterocycles. The molecule has 0 saturated carbocycles. The molecule has 4 fully saturated rings. The van der Waals surface area contributed by atoms with E-state index in [1.807, 2.05) is 4.90 Å². The predicted molar refractivity (Wildman–Crippen MR) is 329 cm³/mol. The molecule has 0 radical (unpaired) electrons. The number of rotatable bonds is 38. The minimum absolute atomic E-state index is 0.0555. The second-order valence-electron chi connectivity index (χ2n) is 23.4. The molecule has 4 atom stereocenters. The number of carbonyl (C=O) groups excluding carboxylic acids is 5. The summed E-state index contributed by atoms with van der Waals surface area (Å²) in [6.07, 6.45) is 3.94. The first-order chi connectivity index (χ1) is 43.4. The van der Waals surface area contributed by atoms with Crippen LogP contribution in [0, 0.1) is 0 Å². The molecule has 0 aromatic rings. The molecular formula is C56H97N15O19S. The SMILES string of the molecule is O=C(O)CN1CCN(CC(=O)O)CCN(CC(=O)NCCCN(CCCNC(=O)CN2CCN(CC(=O)O)CCN(CC(=O)O)CCN(CC(=O)O)CC2)CC(=O)NCCCCC(NC(=O)CCCC[C@@H]2SC[C@@H]3NC(=O)N[C@@H]32)C(=O)O)CCN(CC(=O)O)CC1. The second kappa shape index (κ2) is 42.5. The second-order valence-corrected chi connectivity index (χ2v) is 24.7. The van der Waals surface area contributed by atoms with E-state index in [-0.39, 0.29) is 243 Å². The molecule has 0 spiro atoms. The van der Waals surface area contributed by atoms with Gasteiger partial charge in [-0.3, -0.25) is 92.0 Å². The van der Waals surface area contributed by atoms with E-state index in [4.69, 9.17) is 0 Å². The Bertz CT molecular complexity index is 2220. The van der Waals surface area contributed by atoms with E-state index in [0.717, 1.165) is 18.6 Å². The molecule has 34 nitrogen and oxygen atoms in total. The van der Waals surface area contributed by atoms with Crippen molar-refractivity contribution in [2.75, 3.05) is 202 Å². The predicted octanol–water partition coefficient (Wildman–Crippen LogP) is -5.17. The molecule has 13 N–H and O–H groups in total. The molecule has 6 amide bonds. The van der Waals surface area contributed by atoms with Gasteiger partial charge in [-0.15, -0.1) is 0 Å². The van der Waals surface area contributed by atoms with Crippen LogP contribution >= 0.6 is 11.8 Å². The van der Waals surface area contributed by atoms with Crippen molar-refractivity contribution in [2.24, 2.45) is 0 Å². The fourth-order valence-electron chi connectivity index (χ4n) is 11.2. The van der Waals surface area contributed by atoms with Gasteiger partial charge in [0.2, 0.25) is 23.6 Å². The minimum Gasteiger partial charge on any atom is -0.480 e. The minimum atomic E-state index is -1.18. The highest BCUT2D eigenvalue weighted by Gasteiger charge is 2.42. The summed E-state index contributed by atoms with van der Waals surface area (Å²) in [5.41, 5.74) is 0. The van der Waals surface area contributed by atoms with Crippen molar-refractivity contribution in [3.8, 4) is 0 Å². The van der Waals surface area contributed by atoms with Crippen molar-refractivity contribution in [1.29, 1.82) is 0 Å². The number of unbranched alkanes of at least 4 members (excludes halogenated alkanes) is 2. The fourth-order valence-corrected chi connectivity index (χ4v) is 12.7. The average Bonchev–Trinajstić information content (AvgIpc) is 1.73. The molecule has 4 saturated heterocycles. The number of fused-ring (bicyclic) bond motifs is 1. The van der Waals surface area contributed by atoms with E-state index in [0.29, 0.717) is 45.2 Å². The van der Waals surface area contributed by atoms with Gasteiger partial charge in [0.25, 0.3) is 0 Å². The number of thioether (sulfide) groups is 1. The van der Waals surface area contributed by atoms with Gasteiger partial charge in [-0.1, -0.05) is 6.42 Å². The van der Waals surface area contributed by atoms with Gasteiger partial charge in [0.15, 0.2) is 0 Å². The van der Waals surface area contributed by atoms with Crippen LogP contribution in [-0.4, -0.2) is 377 Å². The van der Waals surface area contributed by atoms with Gasteiger partial charge < -0.3 is 67.6 Å². The molecule has 4 heterocycles. The van der Waals surface area contributed by atoms with Gasteiger partial charge in [0.1, 0.15) is 6.04 Å². The normalized spacial score (nSPS) is 20.7. The van der Waals surface area contributed by atoms with Crippen molar-refractivity contribution >= 4 is 83.2 Å². The topological polar surface area (TPSA) is 448 Å².